The smallest absolute Gasteiger partial charge is 0.346 e. The van der Waals surface area contributed by atoms with Crippen LogP contribution in [0.4, 0.5) is 14.5 Å². The molecule has 0 bridgehead atoms. The number of hydrogen-bond acceptors (Lipinski definition) is 9. The molecule has 0 saturated carbocycles. The van der Waals surface area contributed by atoms with E-state index >= 15 is 0 Å². The normalized spacial score (nSPS) is 10.8. The second-order valence-corrected chi connectivity index (χ2v) is 6.74. The largest absolute Gasteiger partial charge is 0.507 e. The first kappa shape index (κ1) is 21.4. The maximum atomic E-state index is 14.0. The van der Waals surface area contributed by atoms with E-state index in [0.29, 0.717) is 12.1 Å². The summed E-state index contributed by atoms with van der Waals surface area (Å²) in [6.45, 7) is 0. The number of carbonyl (C=O) groups excluding carboxylic acids is 1. The van der Waals surface area contributed by atoms with Gasteiger partial charge in [0.25, 0.3) is 0 Å². The van der Waals surface area contributed by atoms with Crippen LogP contribution in [-0.4, -0.2) is 21.3 Å². The van der Waals surface area contributed by atoms with Crippen molar-refractivity contribution >= 4 is 22.6 Å². The minimum absolute atomic E-state index is 0.0734. The number of phenols is 3. The van der Waals surface area contributed by atoms with Gasteiger partial charge in [-0.2, -0.15) is 0 Å². The molecule has 166 valence electrons. The average molecular weight is 455 g/mol. The van der Waals surface area contributed by atoms with Crippen LogP contribution in [0, 0.1) is 16.5 Å². The Bertz CT molecular complexity index is 1510. The fourth-order valence-corrected chi connectivity index (χ4v) is 3.07. The van der Waals surface area contributed by atoms with Gasteiger partial charge in [-0.05, 0) is 41.6 Å². The number of phenolic OH excluding ortho intramolecular Hbond substituents is 3. The molecule has 3 N–H and O–H groups in total. The lowest BCUT2D eigenvalue weighted by Gasteiger charge is -2.12. The van der Waals surface area contributed by atoms with Crippen molar-refractivity contribution in [2.24, 2.45) is 5.18 Å². The molecule has 4 rings (SSSR count). The molecule has 0 aliphatic rings. The summed E-state index contributed by atoms with van der Waals surface area (Å²) in [5.41, 5.74) is -2.60. The minimum atomic E-state index is -1.45. The van der Waals surface area contributed by atoms with E-state index in [1.807, 2.05) is 0 Å². The number of carbonyl (C=O) groups is 1. The third-order valence-corrected chi connectivity index (χ3v) is 4.60. The molecular weight excluding hydrogens is 444 g/mol. The second-order valence-electron chi connectivity index (χ2n) is 6.74. The van der Waals surface area contributed by atoms with E-state index < -0.39 is 62.7 Å². The van der Waals surface area contributed by atoms with E-state index in [0.717, 1.165) is 30.3 Å². The highest BCUT2D eigenvalue weighted by atomic mass is 19.1. The van der Waals surface area contributed by atoms with Gasteiger partial charge in [0.15, 0.2) is 17.3 Å². The Morgan fingerprint density at radius 1 is 0.939 bits per heavy atom. The monoisotopic (exact) mass is 455 g/mol. The summed E-state index contributed by atoms with van der Waals surface area (Å²) in [7, 11) is 0. The van der Waals surface area contributed by atoms with Crippen molar-refractivity contribution in [1.82, 2.24) is 0 Å². The number of rotatable bonds is 4. The number of ether oxygens (including phenoxy) is 1. The van der Waals surface area contributed by atoms with Crippen LogP contribution in [0.25, 0.3) is 22.3 Å². The van der Waals surface area contributed by atoms with Crippen molar-refractivity contribution in [1.29, 1.82) is 0 Å². The van der Waals surface area contributed by atoms with Crippen LogP contribution in [0.15, 0.2) is 62.9 Å². The number of nitroso groups, excluding NO2 is 1. The van der Waals surface area contributed by atoms with Gasteiger partial charge in [-0.3, -0.25) is 4.79 Å². The standard InChI is InChI=1S/C22H11F2NO8/c23-10-2-3-13(24)12(6-10)22(30)33-21-19(29)18-16(28)7-11(25-31)8-17(18)32-20(21)9-1-4-14(26)15(27)5-9/h1-8,26-28H. The first-order chi connectivity index (χ1) is 15.7. The molecule has 0 unspecified atom stereocenters. The highest BCUT2D eigenvalue weighted by Gasteiger charge is 2.25. The Hall–Kier alpha value is -4.80. The van der Waals surface area contributed by atoms with Crippen LogP contribution in [0.3, 0.4) is 0 Å². The van der Waals surface area contributed by atoms with Gasteiger partial charge < -0.3 is 24.5 Å². The maximum Gasteiger partial charge on any atom is 0.346 e. The maximum absolute atomic E-state index is 14.0. The molecule has 0 atom stereocenters. The molecule has 9 nitrogen and oxygen atoms in total. The molecule has 3 aromatic carbocycles. The number of benzene rings is 3. The molecule has 0 radical (unpaired) electrons. The lowest BCUT2D eigenvalue weighted by Crippen LogP contribution is -2.17. The topological polar surface area (TPSA) is 147 Å². The SMILES string of the molecule is O=Nc1cc(O)c2c(=O)c(OC(=O)c3cc(F)ccc3F)c(-c3ccc(O)c(O)c3)oc2c1. The lowest BCUT2D eigenvalue weighted by atomic mass is 10.1. The summed E-state index contributed by atoms with van der Waals surface area (Å²) in [6.07, 6.45) is 0. The predicted molar refractivity (Wildman–Crippen MR) is 110 cm³/mol. The van der Waals surface area contributed by atoms with Gasteiger partial charge in [-0.15, -0.1) is 4.91 Å². The van der Waals surface area contributed by atoms with Crippen LogP contribution in [0.2, 0.25) is 0 Å². The summed E-state index contributed by atoms with van der Waals surface area (Å²) in [4.78, 5) is 36.6. The second kappa shape index (κ2) is 8.04. The van der Waals surface area contributed by atoms with Crippen molar-refractivity contribution in [2.75, 3.05) is 0 Å². The summed E-state index contributed by atoms with van der Waals surface area (Å²) < 4.78 is 38.2. The van der Waals surface area contributed by atoms with Gasteiger partial charge in [-0.25, -0.2) is 13.6 Å². The van der Waals surface area contributed by atoms with Crippen molar-refractivity contribution in [3.05, 3.63) is 80.9 Å². The number of aromatic hydroxyl groups is 3. The van der Waals surface area contributed by atoms with Gasteiger partial charge in [0, 0.05) is 17.7 Å². The predicted octanol–water partition coefficient (Wildman–Crippen LogP) is 4.47. The van der Waals surface area contributed by atoms with E-state index in [4.69, 9.17) is 9.15 Å². The fourth-order valence-electron chi connectivity index (χ4n) is 3.07. The zero-order valence-corrected chi connectivity index (χ0v) is 16.2. The zero-order valence-electron chi connectivity index (χ0n) is 16.2. The van der Waals surface area contributed by atoms with Crippen LogP contribution >= 0.6 is 0 Å². The van der Waals surface area contributed by atoms with Crippen LogP contribution in [-0.2, 0) is 0 Å². The molecule has 0 spiro atoms. The number of halogens is 2. The molecule has 4 aromatic rings. The molecule has 0 aliphatic carbocycles. The highest BCUT2D eigenvalue weighted by molar-refractivity contribution is 5.94. The summed E-state index contributed by atoms with van der Waals surface area (Å²) in [5.74, 6) is -6.66. The van der Waals surface area contributed by atoms with Gasteiger partial charge >= 0.3 is 5.97 Å². The van der Waals surface area contributed by atoms with Crippen LogP contribution in [0.1, 0.15) is 10.4 Å². The van der Waals surface area contributed by atoms with E-state index in [1.165, 1.54) is 6.07 Å². The number of fused-ring (bicyclic) bond motifs is 1. The molecule has 0 saturated heterocycles. The Labute approximate surface area is 181 Å². The van der Waals surface area contributed by atoms with E-state index in [1.54, 1.807) is 0 Å². The summed E-state index contributed by atoms with van der Waals surface area (Å²) >= 11 is 0. The molecule has 1 aromatic heterocycles. The van der Waals surface area contributed by atoms with Crippen molar-refractivity contribution in [2.45, 2.75) is 0 Å². The van der Waals surface area contributed by atoms with Gasteiger partial charge in [0.05, 0.1) is 5.56 Å². The number of nitrogens with zero attached hydrogens (tertiary/aromatic N) is 1. The van der Waals surface area contributed by atoms with E-state index in [-0.39, 0.29) is 16.8 Å². The molecule has 0 aliphatic heterocycles. The first-order valence-corrected chi connectivity index (χ1v) is 9.06. The van der Waals surface area contributed by atoms with Gasteiger partial charge in [0.1, 0.15) is 34.0 Å². The molecule has 33 heavy (non-hydrogen) atoms. The summed E-state index contributed by atoms with van der Waals surface area (Å²) in [6, 6.07) is 7.15. The van der Waals surface area contributed by atoms with Crippen molar-refractivity contribution in [3.63, 3.8) is 0 Å². The van der Waals surface area contributed by atoms with E-state index in [9.17, 15) is 38.6 Å². The van der Waals surface area contributed by atoms with Crippen molar-refractivity contribution in [3.8, 4) is 34.3 Å². The van der Waals surface area contributed by atoms with E-state index in [2.05, 4.69) is 5.18 Å². The molecule has 0 amide bonds. The third kappa shape index (κ3) is 3.83. The lowest BCUT2D eigenvalue weighted by molar-refractivity contribution is 0.0726. The Morgan fingerprint density at radius 3 is 2.39 bits per heavy atom. The molecular formula is C22H11F2NO8. The molecule has 0 fully saturated rings. The third-order valence-electron chi connectivity index (χ3n) is 4.60. The van der Waals surface area contributed by atoms with Crippen LogP contribution < -0.4 is 10.2 Å². The average Bonchev–Trinajstić information content (AvgIpc) is 2.78. The molecule has 1 heterocycles. The Morgan fingerprint density at radius 2 is 1.70 bits per heavy atom. The summed E-state index contributed by atoms with van der Waals surface area (Å²) in [5, 5.41) is 31.7. The first-order valence-electron chi connectivity index (χ1n) is 9.06. The minimum Gasteiger partial charge on any atom is -0.507 e. The fraction of sp³-hybridized carbons (Fsp3) is 0. The van der Waals surface area contributed by atoms with Crippen LogP contribution in [0.5, 0.6) is 23.0 Å². The Kier molecular flexibility index (Phi) is 5.22. The zero-order chi connectivity index (χ0) is 23.9. The number of hydrogen-bond donors (Lipinski definition) is 3. The molecule has 11 heteroatoms. The van der Waals surface area contributed by atoms with Gasteiger partial charge in [-0.1, -0.05) is 0 Å². The van der Waals surface area contributed by atoms with Crippen molar-refractivity contribution < 1.29 is 38.0 Å². The Balaban J connectivity index is 1.99. The quantitative estimate of drug-likeness (QED) is 0.232. The van der Waals surface area contributed by atoms with Gasteiger partial charge in [0.2, 0.25) is 11.2 Å². The number of esters is 1. The highest BCUT2D eigenvalue weighted by Crippen LogP contribution is 2.38.